The highest BCUT2D eigenvalue weighted by Crippen LogP contribution is 2.43. The fraction of sp³-hybridized carbons (Fsp3) is 0.357. The number of ether oxygens (including phenoxy) is 1. The molecule has 0 saturated heterocycles. The Morgan fingerprint density at radius 1 is 1.42 bits per heavy atom. The molecule has 1 aromatic carbocycles. The van der Waals surface area contributed by atoms with Crippen LogP contribution in [-0.4, -0.2) is 23.1 Å². The molecular formula is C14H16FN3O. The fourth-order valence-electron chi connectivity index (χ4n) is 2.13. The molecular weight excluding hydrogens is 245 g/mol. The van der Waals surface area contributed by atoms with Crippen LogP contribution in [0, 0.1) is 0 Å². The first-order valence-electron chi connectivity index (χ1n) is 6.27. The minimum absolute atomic E-state index is 0.0561. The third-order valence-electron chi connectivity index (χ3n) is 3.41. The summed E-state index contributed by atoms with van der Waals surface area (Å²) in [5.41, 5.74) is 7.75. The number of nitrogens with zero attached hydrogens (tertiary/aromatic N) is 2. The zero-order chi connectivity index (χ0) is 13.4. The number of aromatic nitrogens is 2. The molecule has 0 bridgehead atoms. The molecule has 1 fully saturated rings. The van der Waals surface area contributed by atoms with Crippen LogP contribution in [0.15, 0.2) is 30.3 Å². The van der Waals surface area contributed by atoms with Crippen molar-refractivity contribution in [2.45, 2.75) is 25.1 Å². The van der Waals surface area contributed by atoms with E-state index in [0.717, 1.165) is 17.0 Å². The standard InChI is InChI=1S/C14H16FN3O/c1-19-10-4-2-9(3-5-10)8-18-14(16)7-13(17-18)11-6-12(11)15/h2-5,7,11-12H,6,8,16H2,1H3/t11-,12-/m1/s1. The summed E-state index contributed by atoms with van der Waals surface area (Å²) in [5, 5.41) is 4.38. The van der Waals surface area contributed by atoms with Gasteiger partial charge in [-0.3, -0.25) is 0 Å². The number of halogens is 1. The van der Waals surface area contributed by atoms with Crippen molar-refractivity contribution in [3.63, 3.8) is 0 Å². The van der Waals surface area contributed by atoms with Crippen molar-refractivity contribution >= 4 is 5.82 Å². The summed E-state index contributed by atoms with van der Waals surface area (Å²) in [6.07, 6.45) is -0.178. The average molecular weight is 261 g/mol. The number of methoxy groups -OCH3 is 1. The topological polar surface area (TPSA) is 53.1 Å². The van der Waals surface area contributed by atoms with Crippen molar-refractivity contribution in [2.24, 2.45) is 0 Å². The first kappa shape index (κ1) is 12.0. The van der Waals surface area contributed by atoms with Gasteiger partial charge in [-0.05, 0) is 24.1 Å². The van der Waals surface area contributed by atoms with Crippen molar-refractivity contribution in [3.8, 4) is 5.75 Å². The van der Waals surface area contributed by atoms with Gasteiger partial charge in [0.25, 0.3) is 0 Å². The lowest BCUT2D eigenvalue weighted by molar-refractivity contribution is 0.414. The molecule has 100 valence electrons. The van der Waals surface area contributed by atoms with Gasteiger partial charge in [0.05, 0.1) is 19.3 Å². The molecule has 3 rings (SSSR count). The van der Waals surface area contributed by atoms with E-state index in [1.807, 2.05) is 24.3 Å². The van der Waals surface area contributed by atoms with Crippen LogP contribution in [0.25, 0.3) is 0 Å². The minimum Gasteiger partial charge on any atom is -0.497 e. The van der Waals surface area contributed by atoms with Gasteiger partial charge in [-0.2, -0.15) is 5.10 Å². The molecule has 2 N–H and O–H groups in total. The van der Waals surface area contributed by atoms with E-state index < -0.39 is 6.17 Å². The number of rotatable bonds is 4. The highest BCUT2D eigenvalue weighted by Gasteiger charge is 2.40. The molecule has 0 aliphatic heterocycles. The van der Waals surface area contributed by atoms with Gasteiger partial charge in [-0.1, -0.05) is 12.1 Å². The van der Waals surface area contributed by atoms with Gasteiger partial charge in [0, 0.05) is 12.0 Å². The van der Waals surface area contributed by atoms with Gasteiger partial charge >= 0.3 is 0 Å². The van der Waals surface area contributed by atoms with E-state index in [1.54, 1.807) is 17.9 Å². The van der Waals surface area contributed by atoms with Crippen LogP contribution in [0.3, 0.4) is 0 Å². The Morgan fingerprint density at radius 3 is 2.68 bits per heavy atom. The molecule has 1 aliphatic rings. The summed E-state index contributed by atoms with van der Waals surface area (Å²) in [6, 6.07) is 9.50. The highest BCUT2D eigenvalue weighted by molar-refractivity contribution is 5.36. The number of nitrogens with two attached hydrogens (primary N) is 1. The number of hydrogen-bond acceptors (Lipinski definition) is 3. The van der Waals surface area contributed by atoms with Crippen LogP contribution in [0.1, 0.15) is 23.6 Å². The Morgan fingerprint density at radius 2 is 2.11 bits per heavy atom. The number of nitrogen functional groups attached to an aromatic ring is 1. The lowest BCUT2D eigenvalue weighted by Gasteiger charge is -2.05. The fourth-order valence-corrected chi connectivity index (χ4v) is 2.13. The van der Waals surface area contributed by atoms with E-state index in [1.165, 1.54) is 0 Å². The summed E-state index contributed by atoms with van der Waals surface area (Å²) < 4.78 is 19.8. The Hall–Kier alpha value is -2.04. The summed E-state index contributed by atoms with van der Waals surface area (Å²) in [6.45, 7) is 0.583. The van der Waals surface area contributed by atoms with Crippen molar-refractivity contribution in [2.75, 3.05) is 12.8 Å². The second-order valence-electron chi connectivity index (χ2n) is 4.86. The second kappa shape index (κ2) is 4.57. The lowest BCUT2D eigenvalue weighted by Crippen LogP contribution is -2.06. The third kappa shape index (κ3) is 2.41. The molecule has 0 unspecified atom stereocenters. The first-order valence-corrected chi connectivity index (χ1v) is 6.27. The summed E-state index contributed by atoms with van der Waals surface area (Å²) >= 11 is 0. The second-order valence-corrected chi connectivity index (χ2v) is 4.86. The van der Waals surface area contributed by atoms with Gasteiger partial charge in [-0.15, -0.1) is 0 Å². The SMILES string of the molecule is COc1ccc(Cn2nc([C@@H]3C[C@H]3F)cc2N)cc1. The summed E-state index contributed by atoms with van der Waals surface area (Å²) in [7, 11) is 1.63. The molecule has 19 heavy (non-hydrogen) atoms. The number of benzene rings is 1. The quantitative estimate of drug-likeness (QED) is 0.919. The van der Waals surface area contributed by atoms with Gasteiger partial charge < -0.3 is 10.5 Å². The van der Waals surface area contributed by atoms with Crippen molar-refractivity contribution < 1.29 is 9.13 Å². The average Bonchev–Trinajstić information content (AvgIpc) is 3.04. The van der Waals surface area contributed by atoms with Crippen LogP contribution < -0.4 is 10.5 Å². The van der Waals surface area contributed by atoms with E-state index in [0.29, 0.717) is 18.8 Å². The molecule has 2 atom stereocenters. The van der Waals surface area contributed by atoms with Crippen LogP contribution in [-0.2, 0) is 6.54 Å². The molecule has 2 aromatic rings. The zero-order valence-electron chi connectivity index (χ0n) is 10.7. The maximum absolute atomic E-state index is 13.0. The number of anilines is 1. The van der Waals surface area contributed by atoms with Gasteiger partial charge in [0.2, 0.25) is 0 Å². The van der Waals surface area contributed by atoms with E-state index in [-0.39, 0.29) is 5.92 Å². The van der Waals surface area contributed by atoms with Crippen molar-refractivity contribution in [1.29, 1.82) is 0 Å². The monoisotopic (exact) mass is 261 g/mol. The Bertz CT molecular complexity index is 579. The van der Waals surface area contributed by atoms with E-state index in [2.05, 4.69) is 5.10 Å². The molecule has 1 aliphatic carbocycles. The summed E-state index contributed by atoms with van der Waals surface area (Å²) in [4.78, 5) is 0. The van der Waals surface area contributed by atoms with Crippen molar-refractivity contribution in [1.82, 2.24) is 9.78 Å². The largest absolute Gasteiger partial charge is 0.497 e. The molecule has 1 aromatic heterocycles. The predicted molar refractivity (Wildman–Crippen MR) is 71.0 cm³/mol. The molecule has 1 heterocycles. The normalized spacial score (nSPS) is 21.4. The minimum atomic E-state index is -0.747. The smallest absolute Gasteiger partial charge is 0.122 e. The molecule has 4 nitrogen and oxygen atoms in total. The zero-order valence-corrected chi connectivity index (χ0v) is 10.7. The van der Waals surface area contributed by atoms with E-state index >= 15 is 0 Å². The van der Waals surface area contributed by atoms with Gasteiger partial charge in [-0.25, -0.2) is 9.07 Å². The Labute approximate surface area is 111 Å². The van der Waals surface area contributed by atoms with E-state index in [4.69, 9.17) is 10.5 Å². The Kier molecular flexibility index (Phi) is 2.89. The maximum Gasteiger partial charge on any atom is 0.122 e. The lowest BCUT2D eigenvalue weighted by atomic mass is 10.2. The number of alkyl halides is 1. The summed E-state index contributed by atoms with van der Waals surface area (Å²) in [5.74, 6) is 1.33. The highest BCUT2D eigenvalue weighted by atomic mass is 19.1. The molecule has 0 radical (unpaired) electrons. The van der Waals surface area contributed by atoms with Gasteiger partial charge in [0.15, 0.2) is 0 Å². The third-order valence-corrected chi connectivity index (χ3v) is 3.41. The van der Waals surface area contributed by atoms with Crippen LogP contribution in [0.5, 0.6) is 5.75 Å². The predicted octanol–water partition coefficient (Wildman–Crippen LogP) is 2.35. The van der Waals surface area contributed by atoms with Crippen molar-refractivity contribution in [3.05, 3.63) is 41.6 Å². The van der Waals surface area contributed by atoms with Gasteiger partial charge in [0.1, 0.15) is 17.7 Å². The number of hydrogen-bond donors (Lipinski definition) is 1. The molecule has 1 saturated carbocycles. The van der Waals surface area contributed by atoms with Crippen LogP contribution >= 0.6 is 0 Å². The maximum atomic E-state index is 13.0. The van der Waals surface area contributed by atoms with Crippen LogP contribution in [0.2, 0.25) is 0 Å². The Balaban J connectivity index is 1.76. The van der Waals surface area contributed by atoms with Crippen LogP contribution in [0.4, 0.5) is 10.2 Å². The molecule has 0 amide bonds. The molecule has 0 spiro atoms. The van der Waals surface area contributed by atoms with E-state index in [9.17, 15) is 4.39 Å². The first-order chi connectivity index (χ1) is 9.17. The molecule has 5 heteroatoms.